The molecule has 0 fully saturated rings. The van der Waals surface area contributed by atoms with E-state index in [1.54, 1.807) is 0 Å². The minimum absolute atomic E-state index is 0.0854. The molecule has 1 atom stereocenters. The van der Waals surface area contributed by atoms with Crippen molar-refractivity contribution in [2.75, 3.05) is 12.4 Å². The number of alkyl halides is 1. The lowest BCUT2D eigenvalue weighted by molar-refractivity contribution is 0.562. The molecule has 0 radical (unpaired) electrons. The van der Waals surface area contributed by atoms with Crippen LogP contribution in [0.15, 0.2) is 27.6 Å². The second-order valence-corrected chi connectivity index (χ2v) is 7.02. The van der Waals surface area contributed by atoms with Crippen molar-refractivity contribution in [3.05, 3.63) is 27.7 Å². The molecule has 17 heavy (non-hydrogen) atoms. The van der Waals surface area contributed by atoms with E-state index < -0.39 is 10.0 Å². The molecule has 1 aromatic rings. The third kappa shape index (κ3) is 4.41. The number of benzene rings is 1. The van der Waals surface area contributed by atoms with Gasteiger partial charge < -0.3 is 0 Å². The van der Waals surface area contributed by atoms with Crippen LogP contribution >= 0.6 is 39.1 Å². The van der Waals surface area contributed by atoms with Crippen molar-refractivity contribution in [3.63, 3.8) is 0 Å². The summed E-state index contributed by atoms with van der Waals surface area (Å²) in [4.78, 5) is 0.176. The first-order chi connectivity index (χ1) is 7.86. The zero-order valence-corrected chi connectivity index (χ0v) is 13.0. The molecule has 0 heterocycles. The summed E-state index contributed by atoms with van der Waals surface area (Å²) < 4.78 is 26.8. The Morgan fingerprint density at radius 3 is 2.65 bits per heavy atom. The lowest BCUT2D eigenvalue weighted by Crippen LogP contribution is -2.29. The highest BCUT2D eigenvalue weighted by Gasteiger charge is 2.15. The quantitative estimate of drug-likeness (QED) is 0.819. The maximum absolute atomic E-state index is 11.9. The van der Waals surface area contributed by atoms with E-state index in [-0.39, 0.29) is 10.8 Å². The monoisotopic (exact) mass is 359 g/mol. The van der Waals surface area contributed by atoms with E-state index in [9.17, 15) is 8.42 Å². The van der Waals surface area contributed by atoms with Gasteiger partial charge in [-0.3, -0.25) is 0 Å². The van der Waals surface area contributed by atoms with Gasteiger partial charge in [-0.2, -0.15) is 0 Å². The minimum Gasteiger partial charge on any atom is -0.211 e. The first-order valence-corrected chi connectivity index (χ1v) is 8.06. The average molecular weight is 361 g/mol. The Kier molecular flexibility index (Phi) is 5.73. The molecule has 0 amide bonds. The molecular weight excluding hydrogens is 349 g/mol. The molecule has 1 aromatic carbocycles. The summed E-state index contributed by atoms with van der Waals surface area (Å²) in [6, 6.07) is 4.46. The molecule has 7 heteroatoms. The van der Waals surface area contributed by atoms with Gasteiger partial charge in [0.25, 0.3) is 0 Å². The molecule has 3 nitrogen and oxygen atoms in total. The number of hydrogen-bond donors (Lipinski definition) is 1. The van der Waals surface area contributed by atoms with Crippen molar-refractivity contribution in [3.8, 4) is 0 Å². The number of sulfonamides is 1. The fourth-order valence-corrected chi connectivity index (χ4v) is 2.98. The van der Waals surface area contributed by atoms with Gasteiger partial charge in [0.1, 0.15) is 0 Å². The van der Waals surface area contributed by atoms with E-state index in [4.69, 9.17) is 23.2 Å². The van der Waals surface area contributed by atoms with Gasteiger partial charge in [0.2, 0.25) is 10.0 Å². The SMILES string of the molecule is CC(CCl)CNS(=O)(=O)c1ccc(Cl)c(Br)c1. The van der Waals surface area contributed by atoms with Gasteiger partial charge in [0, 0.05) is 16.9 Å². The molecule has 1 unspecified atom stereocenters. The molecule has 0 spiro atoms. The highest BCUT2D eigenvalue weighted by molar-refractivity contribution is 9.10. The average Bonchev–Trinajstić information content (AvgIpc) is 2.29. The van der Waals surface area contributed by atoms with Crippen molar-refractivity contribution in [1.29, 1.82) is 0 Å². The predicted octanol–water partition coefficient (Wildman–Crippen LogP) is 3.26. The predicted molar refractivity (Wildman–Crippen MR) is 74.2 cm³/mol. The van der Waals surface area contributed by atoms with Crippen LogP contribution in [0.3, 0.4) is 0 Å². The van der Waals surface area contributed by atoms with Crippen molar-refractivity contribution >= 4 is 49.2 Å². The van der Waals surface area contributed by atoms with Crippen LogP contribution in [0.4, 0.5) is 0 Å². The Morgan fingerprint density at radius 1 is 1.47 bits per heavy atom. The molecule has 0 saturated heterocycles. The molecule has 0 aliphatic rings. The number of hydrogen-bond acceptors (Lipinski definition) is 2. The van der Waals surface area contributed by atoms with E-state index in [0.717, 1.165) is 0 Å². The molecule has 1 N–H and O–H groups in total. The van der Waals surface area contributed by atoms with Crippen molar-refractivity contribution in [2.45, 2.75) is 11.8 Å². The Hall–Kier alpha value is 0.190. The fraction of sp³-hybridized carbons (Fsp3) is 0.400. The van der Waals surface area contributed by atoms with Crippen LogP contribution in [0.2, 0.25) is 5.02 Å². The Morgan fingerprint density at radius 2 is 2.12 bits per heavy atom. The second-order valence-electron chi connectivity index (χ2n) is 3.69. The second kappa shape index (κ2) is 6.38. The summed E-state index contributed by atoms with van der Waals surface area (Å²) in [5, 5.41) is 0.470. The summed E-state index contributed by atoms with van der Waals surface area (Å²) in [7, 11) is -3.50. The Balaban J connectivity index is 2.86. The Bertz CT molecular complexity index is 493. The van der Waals surface area contributed by atoms with E-state index in [1.807, 2.05) is 6.92 Å². The van der Waals surface area contributed by atoms with Crippen LogP contribution in [-0.4, -0.2) is 20.8 Å². The van der Waals surface area contributed by atoms with E-state index in [1.165, 1.54) is 18.2 Å². The third-order valence-electron chi connectivity index (χ3n) is 2.09. The van der Waals surface area contributed by atoms with Crippen LogP contribution in [0.25, 0.3) is 0 Å². The summed E-state index contributed by atoms with van der Waals surface area (Å²) in [6.45, 7) is 2.18. The summed E-state index contributed by atoms with van der Waals surface area (Å²) >= 11 is 14.6. The largest absolute Gasteiger partial charge is 0.240 e. The minimum atomic E-state index is -3.50. The molecular formula is C10H12BrCl2NO2S. The molecule has 0 saturated carbocycles. The summed E-state index contributed by atoms with van der Waals surface area (Å²) in [5.41, 5.74) is 0. The van der Waals surface area contributed by atoms with Crippen LogP contribution in [0.1, 0.15) is 6.92 Å². The number of rotatable bonds is 5. The number of halogens is 3. The zero-order chi connectivity index (χ0) is 13.1. The molecule has 0 aliphatic carbocycles. The maximum Gasteiger partial charge on any atom is 0.240 e. The van der Waals surface area contributed by atoms with Crippen LogP contribution in [0.5, 0.6) is 0 Å². The third-order valence-corrected chi connectivity index (χ3v) is 5.25. The standard InChI is InChI=1S/C10H12BrCl2NO2S/c1-7(5-12)6-14-17(15,16)8-2-3-10(13)9(11)4-8/h2-4,7,14H,5-6H2,1H3. The normalized spacial score (nSPS) is 13.6. The van der Waals surface area contributed by atoms with Gasteiger partial charge in [-0.05, 0) is 40.0 Å². The van der Waals surface area contributed by atoms with Crippen LogP contribution < -0.4 is 4.72 Å². The van der Waals surface area contributed by atoms with Crippen molar-refractivity contribution < 1.29 is 8.42 Å². The Labute approximate surface area is 120 Å². The fourth-order valence-electron chi connectivity index (χ4n) is 1.03. The molecule has 1 rings (SSSR count). The van der Waals surface area contributed by atoms with Crippen LogP contribution in [0, 0.1) is 5.92 Å². The molecule has 0 aromatic heterocycles. The maximum atomic E-state index is 11.9. The van der Waals surface area contributed by atoms with Crippen molar-refractivity contribution in [2.24, 2.45) is 5.92 Å². The topological polar surface area (TPSA) is 46.2 Å². The van der Waals surface area contributed by atoms with Gasteiger partial charge in [0.15, 0.2) is 0 Å². The van der Waals surface area contributed by atoms with Gasteiger partial charge in [0.05, 0.1) is 9.92 Å². The first kappa shape index (κ1) is 15.2. The van der Waals surface area contributed by atoms with Gasteiger partial charge in [-0.15, -0.1) is 11.6 Å². The summed E-state index contributed by atoms with van der Waals surface area (Å²) in [5.74, 6) is 0.495. The summed E-state index contributed by atoms with van der Waals surface area (Å²) in [6.07, 6.45) is 0. The van der Waals surface area contributed by atoms with E-state index in [0.29, 0.717) is 21.9 Å². The first-order valence-electron chi connectivity index (χ1n) is 4.87. The van der Waals surface area contributed by atoms with Crippen LogP contribution in [-0.2, 0) is 10.0 Å². The molecule has 0 aliphatic heterocycles. The van der Waals surface area contributed by atoms with Gasteiger partial charge in [-0.25, -0.2) is 13.1 Å². The molecule has 0 bridgehead atoms. The van der Waals surface area contributed by atoms with E-state index in [2.05, 4.69) is 20.7 Å². The number of nitrogens with one attached hydrogen (secondary N) is 1. The van der Waals surface area contributed by atoms with Crippen molar-refractivity contribution in [1.82, 2.24) is 4.72 Å². The molecule has 96 valence electrons. The lowest BCUT2D eigenvalue weighted by atomic mass is 10.2. The smallest absolute Gasteiger partial charge is 0.211 e. The lowest BCUT2D eigenvalue weighted by Gasteiger charge is -2.10. The highest BCUT2D eigenvalue weighted by Crippen LogP contribution is 2.25. The zero-order valence-electron chi connectivity index (χ0n) is 9.08. The van der Waals surface area contributed by atoms with Gasteiger partial charge >= 0.3 is 0 Å². The highest BCUT2D eigenvalue weighted by atomic mass is 79.9. The van der Waals surface area contributed by atoms with E-state index >= 15 is 0 Å². The van der Waals surface area contributed by atoms with Gasteiger partial charge in [-0.1, -0.05) is 18.5 Å².